The topological polar surface area (TPSA) is 43.3 Å². The quantitative estimate of drug-likeness (QED) is 0.670. The van der Waals surface area contributed by atoms with E-state index < -0.39 is 0 Å². The summed E-state index contributed by atoms with van der Waals surface area (Å²) in [4.78, 5) is 12.7. The van der Waals surface area contributed by atoms with Crippen molar-refractivity contribution in [1.82, 2.24) is 4.57 Å². The van der Waals surface area contributed by atoms with Crippen LogP contribution in [0.15, 0.2) is 59.2 Å². The second-order valence-corrected chi connectivity index (χ2v) is 6.44. The van der Waals surface area contributed by atoms with Crippen LogP contribution < -0.4 is 10.1 Å². The van der Waals surface area contributed by atoms with Crippen LogP contribution in [0.5, 0.6) is 5.75 Å². The smallest absolute Gasteiger partial charge is 0.247 e. The minimum absolute atomic E-state index is 0.0810. The molecule has 1 amide bonds. The second-order valence-electron chi connectivity index (χ2n) is 5.52. The van der Waals surface area contributed by atoms with Crippen molar-refractivity contribution in [3.63, 3.8) is 0 Å². The Kier molecular flexibility index (Phi) is 4.90. The average Bonchev–Trinajstić information content (AvgIpc) is 2.99. The lowest BCUT2D eigenvalue weighted by atomic mass is 10.2. The molecule has 0 fully saturated rings. The lowest BCUT2D eigenvalue weighted by molar-refractivity contribution is -0.118. The number of nitrogens with zero attached hydrogens (tertiary/aromatic N) is 1. The summed E-state index contributed by atoms with van der Waals surface area (Å²) < 4.78 is 8.56. The van der Waals surface area contributed by atoms with E-state index in [2.05, 4.69) is 21.2 Å². The maximum Gasteiger partial charge on any atom is 0.247 e. The molecule has 2 aromatic carbocycles. The van der Waals surface area contributed by atoms with Gasteiger partial charge in [0.2, 0.25) is 5.91 Å². The van der Waals surface area contributed by atoms with Crippen LogP contribution in [0.1, 0.15) is 19.9 Å². The predicted molar refractivity (Wildman–Crippen MR) is 101 cm³/mol. The maximum atomic E-state index is 12.7. The van der Waals surface area contributed by atoms with Crippen molar-refractivity contribution in [2.24, 2.45) is 0 Å². The van der Waals surface area contributed by atoms with Crippen LogP contribution >= 0.6 is 15.9 Å². The molecule has 4 nitrogen and oxygen atoms in total. The van der Waals surface area contributed by atoms with Crippen molar-refractivity contribution >= 4 is 38.4 Å². The van der Waals surface area contributed by atoms with Crippen LogP contribution in [0.2, 0.25) is 0 Å². The molecule has 0 radical (unpaired) electrons. The number of nitrogens with one attached hydrogen (secondary N) is 1. The third kappa shape index (κ3) is 3.31. The van der Waals surface area contributed by atoms with Crippen molar-refractivity contribution in [2.75, 3.05) is 11.9 Å². The van der Waals surface area contributed by atoms with E-state index in [4.69, 9.17) is 4.74 Å². The average molecular weight is 387 g/mol. The first-order chi connectivity index (χ1) is 11.6. The molecule has 3 rings (SSSR count). The van der Waals surface area contributed by atoms with Crippen molar-refractivity contribution < 1.29 is 9.53 Å². The lowest BCUT2D eigenvalue weighted by Gasteiger charge is -2.17. The first-order valence-electron chi connectivity index (χ1n) is 7.89. The molecule has 124 valence electrons. The third-order valence-electron chi connectivity index (χ3n) is 3.92. The highest BCUT2D eigenvalue weighted by atomic mass is 79.9. The summed E-state index contributed by atoms with van der Waals surface area (Å²) in [5, 5.41) is 4.06. The zero-order chi connectivity index (χ0) is 17.1. The van der Waals surface area contributed by atoms with E-state index in [1.807, 2.05) is 73.1 Å². The summed E-state index contributed by atoms with van der Waals surface area (Å²) in [7, 11) is 0. The number of hydrogen-bond acceptors (Lipinski definition) is 2. The summed E-state index contributed by atoms with van der Waals surface area (Å²) >= 11 is 3.47. The summed E-state index contributed by atoms with van der Waals surface area (Å²) in [6.45, 7) is 4.37. The summed E-state index contributed by atoms with van der Waals surface area (Å²) in [6.07, 6.45) is 1.94. The SMILES string of the molecule is CCOc1ccccc1NC(=O)C(C)n1ccc2cc(Br)ccc21. The first-order valence-corrected chi connectivity index (χ1v) is 8.68. The van der Waals surface area contributed by atoms with Gasteiger partial charge in [-0.25, -0.2) is 0 Å². The largest absolute Gasteiger partial charge is 0.492 e. The molecule has 1 unspecified atom stereocenters. The number of benzene rings is 2. The fourth-order valence-corrected chi connectivity index (χ4v) is 3.07. The number of anilines is 1. The predicted octanol–water partition coefficient (Wildman–Crippen LogP) is 5.00. The second kappa shape index (κ2) is 7.09. The zero-order valence-electron chi connectivity index (χ0n) is 13.6. The fraction of sp³-hybridized carbons (Fsp3) is 0.211. The molecule has 0 aliphatic rings. The van der Waals surface area contributed by atoms with Crippen molar-refractivity contribution in [3.8, 4) is 5.75 Å². The molecule has 1 atom stereocenters. The highest BCUT2D eigenvalue weighted by molar-refractivity contribution is 9.10. The minimum Gasteiger partial charge on any atom is -0.492 e. The standard InChI is InChI=1S/C19H19BrN2O2/c1-3-24-18-7-5-4-6-16(18)21-19(23)13(2)22-11-10-14-12-15(20)8-9-17(14)22/h4-13H,3H2,1-2H3,(H,21,23). The number of carbonyl (C=O) groups is 1. The van der Waals surface area contributed by atoms with Gasteiger partial charge < -0.3 is 14.6 Å². The van der Waals surface area contributed by atoms with Crippen LogP contribution in [0, 0.1) is 0 Å². The van der Waals surface area contributed by atoms with Gasteiger partial charge in [0.05, 0.1) is 12.3 Å². The molecule has 3 aromatic rings. The van der Waals surface area contributed by atoms with Crippen molar-refractivity contribution in [1.29, 1.82) is 0 Å². The molecule has 0 aliphatic heterocycles. The van der Waals surface area contributed by atoms with E-state index in [0.717, 1.165) is 15.4 Å². The molecule has 0 bridgehead atoms. The summed E-state index contributed by atoms with van der Waals surface area (Å²) in [5.74, 6) is 0.601. The number of ether oxygens (including phenoxy) is 1. The monoisotopic (exact) mass is 386 g/mol. The van der Waals surface area contributed by atoms with Gasteiger partial charge in [0.1, 0.15) is 11.8 Å². The fourth-order valence-electron chi connectivity index (χ4n) is 2.69. The van der Waals surface area contributed by atoms with Gasteiger partial charge in [-0.15, -0.1) is 0 Å². The number of rotatable bonds is 5. The Bertz CT molecular complexity index is 873. The van der Waals surface area contributed by atoms with Gasteiger partial charge in [-0.05, 0) is 50.2 Å². The number of aromatic nitrogens is 1. The van der Waals surface area contributed by atoms with Crippen LogP contribution in [-0.4, -0.2) is 17.1 Å². The summed E-state index contributed by atoms with van der Waals surface area (Å²) in [5.41, 5.74) is 1.72. The molecule has 0 saturated heterocycles. The van der Waals surface area contributed by atoms with Crippen LogP contribution in [-0.2, 0) is 4.79 Å². The van der Waals surface area contributed by atoms with E-state index in [9.17, 15) is 4.79 Å². The van der Waals surface area contributed by atoms with E-state index >= 15 is 0 Å². The molecular formula is C19H19BrN2O2. The Morgan fingerprint density at radius 3 is 2.83 bits per heavy atom. The zero-order valence-corrected chi connectivity index (χ0v) is 15.2. The molecule has 5 heteroatoms. The molecule has 0 aliphatic carbocycles. The van der Waals surface area contributed by atoms with Gasteiger partial charge in [0.25, 0.3) is 0 Å². The number of hydrogen-bond donors (Lipinski definition) is 1. The lowest BCUT2D eigenvalue weighted by Crippen LogP contribution is -2.23. The summed E-state index contributed by atoms with van der Waals surface area (Å²) in [6, 6.07) is 15.2. The van der Waals surface area contributed by atoms with Gasteiger partial charge in [-0.1, -0.05) is 28.1 Å². The number of amides is 1. The maximum absolute atomic E-state index is 12.7. The minimum atomic E-state index is -0.335. The van der Waals surface area contributed by atoms with E-state index in [1.54, 1.807) is 0 Å². The van der Waals surface area contributed by atoms with Gasteiger partial charge in [-0.2, -0.15) is 0 Å². The van der Waals surface area contributed by atoms with Crippen molar-refractivity contribution in [3.05, 3.63) is 59.2 Å². The normalized spacial score (nSPS) is 12.1. The molecule has 24 heavy (non-hydrogen) atoms. The molecule has 1 heterocycles. The molecule has 0 spiro atoms. The Balaban J connectivity index is 1.84. The first kappa shape index (κ1) is 16.6. The van der Waals surface area contributed by atoms with Crippen LogP contribution in [0.25, 0.3) is 10.9 Å². The Hall–Kier alpha value is -2.27. The van der Waals surface area contributed by atoms with Crippen molar-refractivity contribution in [2.45, 2.75) is 19.9 Å². The molecule has 0 saturated carbocycles. The van der Waals surface area contributed by atoms with E-state index in [-0.39, 0.29) is 11.9 Å². The Labute approximate surface area is 149 Å². The Morgan fingerprint density at radius 1 is 1.25 bits per heavy atom. The third-order valence-corrected chi connectivity index (χ3v) is 4.42. The van der Waals surface area contributed by atoms with Gasteiger partial charge >= 0.3 is 0 Å². The number of para-hydroxylation sites is 2. The number of carbonyl (C=O) groups excluding carboxylic acids is 1. The van der Waals surface area contributed by atoms with Gasteiger partial charge in [0, 0.05) is 21.6 Å². The van der Waals surface area contributed by atoms with Gasteiger partial charge in [-0.3, -0.25) is 4.79 Å². The molecule has 1 N–H and O–H groups in total. The molecule has 1 aromatic heterocycles. The highest BCUT2D eigenvalue weighted by Crippen LogP contribution is 2.27. The van der Waals surface area contributed by atoms with E-state index in [0.29, 0.717) is 18.0 Å². The number of fused-ring (bicyclic) bond motifs is 1. The van der Waals surface area contributed by atoms with Gasteiger partial charge in [0.15, 0.2) is 0 Å². The van der Waals surface area contributed by atoms with Crippen LogP contribution in [0.3, 0.4) is 0 Å². The molecular weight excluding hydrogens is 368 g/mol. The Morgan fingerprint density at radius 2 is 2.04 bits per heavy atom. The highest BCUT2D eigenvalue weighted by Gasteiger charge is 2.18. The van der Waals surface area contributed by atoms with E-state index in [1.165, 1.54) is 0 Å². The van der Waals surface area contributed by atoms with Crippen LogP contribution in [0.4, 0.5) is 5.69 Å². The number of halogens is 1.